The Morgan fingerprint density at radius 2 is 0.774 bits per heavy atom. The number of benzene rings is 5. The van der Waals surface area contributed by atoms with Gasteiger partial charge in [0.2, 0.25) is 0 Å². The summed E-state index contributed by atoms with van der Waals surface area (Å²) in [6, 6.07) is 61.0. The van der Waals surface area contributed by atoms with Crippen LogP contribution in [0.2, 0.25) is 0 Å². The number of hydrogen-bond acceptors (Lipinski definition) is 5. The van der Waals surface area contributed by atoms with Gasteiger partial charge in [-0.25, -0.2) is 0 Å². The molecule has 8 aromatic rings. The van der Waals surface area contributed by atoms with Crippen LogP contribution in [-0.4, -0.2) is 27.5 Å². The van der Waals surface area contributed by atoms with E-state index in [0.717, 1.165) is 68.6 Å². The minimum Gasteiger partial charge on any atom is -0.305 e. The Labute approximate surface area is 323 Å². The fourth-order valence-electron chi connectivity index (χ4n) is 5.36. The minimum atomic E-state index is 0. The first-order valence-electron chi connectivity index (χ1n) is 16.6. The number of carbonyl (C=O) groups excluding carboxylic acids is 2. The number of nitrogens with zero attached hydrogens (tertiary/aromatic N) is 3. The molecule has 53 heavy (non-hydrogen) atoms. The third-order valence-electron chi connectivity index (χ3n) is 7.93. The average Bonchev–Trinajstić information content (AvgIpc) is 3.25. The van der Waals surface area contributed by atoms with Gasteiger partial charge in [0.15, 0.2) is 0 Å². The van der Waals surface area contributed by atoms with Crippen molar-refractivity contribution < 1.29 is 29.7 Å². The van der Waals surface area contributed by atoms with Crippen LogP contribution in [-0.2, 0) is 20.1 Å². The van der Waals surface area contributed by atoms with Gasteiger partial charge in [0, 0.05) is 55.4 Å². The van der Waals surface area contributed by atoms with Gasteiger partial charge in [0.25, 0.3) is 0 Å². The van der Waals surface area contributed by atoms with Crippen molar-refractivity contribution in [1.29, 1.82) is 0 Å². The topological polar surface area (TPSA) is 72.8 Å². The molecule has 0 spiro atoms. The molecule has 5 nitrogen and oxygen atoms in total. The predicted molar refractivity (Wildman–Crippen MR) is 208 cm³/mol. The van der Waals surface area contributed by atoms with E-state index in [1.165, 1.54) is 0 Å². The molecule has 3 heterocycles. The summed E-state index contributed by atoms with van der Waals surface area (Å²) in [4.78, 5) is 34.6. The van der Waals surface area contributed by atoms with Crippen molar-refractivity contribution in [1.82, 2.24) is 15.0 Å². The summed E-state index contributed by atoms with van der Waals surface area (Å²) >= 11 is 0. The van der Waals surface area contributed by atoms with Crippen LogP contribution in [0.15, 0.2) is 188 Å². The maximum Gasteiger partial charge on any atom is 0.150 e. The van der Waals surface area contributed by atoms with Gasteiger partial charge in [0.1, 0.15) is 12.6 Å². The second-order valence-electron chi connectivity index (χ2n) is 11.5. The van der Waals surface area contributed by atoms with E-state index in [1.54, 1.807) is 24.5 Å². The number of hydrogen-bond donors (Lipinski definition) is 0. The fourth-order valence-corrected chi connectivity index (χ4v) is 5.36. The van der Waals surface area contributed by atoms with Crippen LogP contribution in [0, 0.1) is 12.1 Å². The molecule has 259 valence electrons. The van der Waals surface area contributed by atoms with Gasteiger partial charge in [-0.15, -0.1) is 70.8 Å². The first kappa shape index (κ1) is 37.8. The Morgan fingerprint density at radius 3 is 1.19 bits per heavy atom. The third kappa shape index (κ3) is 10.8. The molecule has 0 N–H and O–H groups in total. The summed E-state index contributed by atoms with van der Waals surface area (Å²) in [6.45, 7) is 0. The number of aldehydes is 2. The maximum atomic E-state index is 10.9. The summed E-state index contributed by atoms with van der Waals surface area (Å²) in [5.41, 5.74) is 11.3. The Bertz CT molecular complexity index is 2170. The molecule has 0 aliphatic heterocycles. The predicted octanol–water partition coefficient (Wildman–Crippen LogP) is 10.8. The zero-order valence-corrected chi connectivity index (χ0v) is 30.9. The van der Waals surface area contributed by atoms with Crippen molar-refractivity contribution in [2.45, 2.75) is 0 Å². The maximum absolute atomic E-state index is 10.9. The third-order valence-corrected chi connectivity index (χ3v) is 7.93. The Balaban J connectivity index is 0.000000157. The van der Waals surface area contributed by atoms with E-state index in [0.29, 0.717) is 11.1 Å². The van der Waals surface area contributed by atoms with E-state index in [2.05, 4.69) is 39.2 Å². The standard InChI is InChI=1S/2C18H12NO.C11H9N.Ir/c2*20-13-14-5-3-6-15(11-14)16-7-4-8-17(12-16)18-9-1-2-10-19-18;1-2-6-10(7-3-1)11-8-4-5-9-12-11;/h2*1-7,9-13H;1-9H;/q2*-1;;. The van der Waals surface area contributed by atoms with Crippen LogP contribution >= 0.6 is 0 Å². The van der Waals surface area contributed by atoms with Gasteiger partial charge < -0.3 is 9.97 Å². The Hall–Kier alpha value is -6.46. The van der Waals surface area contributed by atoms with Gasteiger partial charge in [-0.1, -0.05) is 97.1 Å². The van der Waals surface area contributed by atoms with E-state index in [4.69, 9.17) is 0 Å². The van der Waals surface area contributed by atoms with Gasteiger partial charge in [0.05, 0.1) is 5.69 Å². The molecule has 6 heteroatoms. The van der Waals surface area contributed by atoms with E-state index >= 15 is 0 Å². The van der Waals surface area contributed by atoms with E-state index in [9.17, 15) is 9.59 Å². The molecule has 0 bridgehead atoms. The van der Waals surface area contributed by atoms with Crippen LogP contribution in [0.25, 0.3) is 56.0 Å². The summed E-state index contributed by atoms with van der Waals surface area (Å²) in [5.74, 6) is 0. The van der Waals surface area contributed by atoms with Crippen LogP contribution in [0.3, 0.4) is 0 Å². The van der Waals surface area contributed by atoms with Crippen LogP contribution < -0.4 is 0 Å². The second-order valence-corrected chi connectivity index (χ2v) is 11.5. The zero-order valence-electron chi connectivity index (χ0n) is 28.5. The normalized spacial score (nSPS) is 9.89. The molecular formula is C47H33IrN3O2-2. The molecular weight excluding hydrogens is 831 g/mol. The summed E-state index contributed by atoms with van der Waals surface area (Å²) < 4.78 is 0. The average molecular weight is 864 g/mol. The summed E-state index contributed by atoms with van der Waals surface area (Å²) in [7, 11) is 0. The molecule has 0 amide bonds. The van der Waals surface area contributed by atoms with Crippen molar-refractivity contribution in [3.05, 3.63) is 212 Å². The van der Waals surface area contributed by atoms with Gasteiger partial charge in [-0.3, -0.25) is 14.6 Å². The fraction of sp³-hybridized carbons (Fsp3) is 0. The largest absolute Gasteiger partial charge is 0.305 e. The number of aromatic nitrogens is 3. The first-order valence-corrected chi connectivity index (χ1v) is 16.6. The van der Waals surface area contributed by atoms with Crippen molar-refractivity contribution in [2.75, 3.05) is 0 Å². The van der Waals surface area contributed by atoms with Crippen molar-refractivity contribution in [3.63, 3.8) is 0 Å². The molecule has 0 saturated carbocycles. The molecule has 5 aromatic carbocycles. The van der Waals surface area contributed by atoms with E-state index < -0.39 is 0 Å². The number of pyridine rings is 3. The van der Waals surface area contributed by atoms with E-state index in [1.807, 2.05) is 152 Å². The van der Waals surface area contributed by atoms with Crippen molar-refractivity contribution >= 4 is 12.6 Å². The van der Waals surface area contributed by atoms with Gasteiger partial charge in [-0.2, -0.15) is 0 Å². The van der Waals surface area contributed by atoms with Crippen LogP contribution in [0.4, 0.5) is 0 Å². The molecule has 0 fully saturated rings. The second kappa shape index (κ2) is 19.8. The quantitative estimate of drug-likeness (QED) is 0.118. The van der Waals surface area contributed by atoms with E-state index in [-0.39, 0.29) is 20.1 Å². The molecule has 0 unspecified atom stereocenters. The molecule has 0 aliphatic rings. The molecule has 0 atom stereocenters. The van der Waals surface area contributed by atoms with Crippen LogP contribution in [0.1, 0.15) is 20.7 Å². The van der Waals surface area contributed by atoms with Gasteiger partial charge >= 0.3 is 0 Å². The minimum absolute atomic E-state index is 0. The summed E-state index contributed by atoms with van der Waals surface area (Å²) in [6.07, 6.45) is 7.06. The SMILES string of the molecule is O=Cc1cccc(-c2cc[c-]c(-c3ccccn3)c2)c1.O=Cc1cccc(-c2cc[c-]c(-c3ccccn3)c2)c1.[Ir].c1ccc(-c2ccccn2)cc1. The van der Waals surface area contributed by atoms with Gasteiger partial charge in [-0.05, 0) is 58.9 Å². The molecule has 0 saturated heterocycles. The zero-order chi connectivity index (χ0) is 35.8. The van der Waals surface area contributed by atoms with Crippen LogP contribution in [0.5, 0.6) is 0 Å². The smallest absolute Gasteiger partial charge is 0.150 e. The van der Waals surface area contributed by atoms with Crippen molar-refractivity contribution in [2.24, 2.45) is 0 Å². The Kier molecular flexibility index (Phi) is 14.1. The Morgan fingerprint density at radius 1 is 0.377 bits per heavy atom. The monoisotopic (exact) mass is 864 g/mol. The number of carbonyl (C=O) groups is 2. The first-order chi connectivity index (χ1) is 25.7. The summed E-state index contributed by atoms with van der Waals surface area (Å²) in [5, 5.41) is 0. The number of rotatable bonds is 7. The molecule has 0 aliphatic carbocycles. The molecule has 1 radical (unpaired) electrons. The van der Waals surface area contributed by atoms with Crippen molar-refractivity contribution in [3.8, 4) is 56.0 Å². The molecule has 3 aromatic heterocycles. The molecule has 8 rings (SSSR count).